The Hall–Kier alpha value is -0.950. The highest BCUT2D eigenvalue weighted by atomic mass is 32.2. The number of nitrogens with two attached hydrogens (primary N) is 1. The molecule has 1 aromatic carbocycles. The number of hydrogen-bond acceptors (Lipinski definition) is 5. The van der Waals surface area contributed by atoms with Gasteiger partial charge in [-0.15, -0.1) is 0 Å². The van der Waals surface area contributed by atoms with Crippen LogP contribution in [0, 0.1) is 0 Å². The number of nitrogens with zero attached hydrogens (tertiary/aromatic N) is 1. The molecule has 2 aliphatic heterocycles. The van der Waals surface area contributed by atoms with Gasteiger partial charge in [0.25, 0.3) is 0 Å². The summed E-state index contributed by atoms with van der Waals surface area (Å²) in [5.41, 5.74) is 6.61. The largest absolute Gasteiger partial charge is 0.379 e. The minimum atomic E-state index is -3.19. The van der Waals surface area contributed by atoms with Crippen molar-refractivity contribution in [3.63, 3.8) is 0 Å². The summed E-state index contributed by atoms with van der Waals surface area (Å²) in [5.74, 6) is 0.158. The minimum absolute atomic E-state index is 0.158. The highest BCUT2D eigenvalue weighted by Crippen LogP contribution is 2.42. The van der Waals surface area contributed by atoms with Gasteiger partial charge in [0.1, 0.15) is 0 Å². The van der Waals surface area contributed by atoms with Crippen LogP contribution in [0.15, 0.2) is 29.2 Å². The quantitative estimate of drug-likeness (QED) is 0.872. The van der Waals surface area contributed by atoms with E-state index in [9.17, 15) is 8.42 Å². The second-order valence-corrected chi connectivity index (χ2v) is 8.00. The molecule has 0 aliphatic carbocycles. The van der Waals surface area contributed by atoms with Crippen molar-refractivity contribution in [2.75, 3.05) is 32.1 Å². The van der Waals surface area contributed by atoms with Crippen LogP contribution in [-0.4, -0.2) is 51.4 Å². The molecule has 1 fully saturated rings. The molecule has 3 rings (SSSR count). The second kappa shape index (κ2) is 5.35. The van der Waals surface area contributed by atoms with Crippen molar-refractivity contribution < 1.29 is 13.2 Å². The smallest absolute Gasteiger partial charge is 0.178 e. The van der Waals surface area contributed by atoms with Gasteiger partial charge >= 0.3 is 0 Å². The van der Waals surface area contributed by atoms with E-state index in [1.165, 1.54) is 0 Å². The van der Waals surface area contributed by atoms with E-state index in [0.717, 1.165) is 12.1 Å². The van der Waals surface area contributed by atoms with Crippen molar-refractivity contribution in [2.45, 2.75) is 29.8 Å². The first kappa shape index (κ1) is 15.0. The van der Waals surface area contributed by atoms with Crippen LogP contribution < -0.4 is 5.73 Å². The van der Waals surface area contributed by atoms with E-state index in [0.29, 0.717) is 31.1 Å². The first-order valence-electron chi connectivity index (χ1n) is 7.38. The van der Waals surface area contributed by atoms with Crippen LogP contribution in [-0.2, 0) is 20.1 Å². The third-order valence-electron chi connectivity index (χ3n) is 4.76. The third kappa shape index (κ3) is 2.30. The third-order valence-corrected chi connectivity index (χ3v) is 6.53. The predicted octanol–water partition coefficient (Wildman–Crippen LogP) is 0.739. The first-order chi connectivity index (χ1) is 10.0. The molecule has 0 bridgehead atoms. The van der Waals surface area contributed by atoms with Gasteiger partial charge in [0, 0.05) is 19.1 Å². The molecule has 6 heteroatoms. The lowest BCUT2D eigenvalue weighted by molar-refractivity contribution is -0.0621. The van der Waals surface area contributed by atoms with E-state index in [1.807, 2.05) is 12.1 Å². The van der Waals surface area contributed by atoms with Gasteiger partial charge in [0.15, 0.2) is 9.84 Å². The maximum Gasteiger partial charge on any atom is 0.178 e. The molecule has 5 nitrogen and oxygen atoms in total. The molecule has 0 radical (unpaired) electrons. The van der Waals surface area contributed by atoms with E-state index in [1.54, 1.807) is 12.1 Å². The number of hydrogen-bond donors (Lipinski definition) is 1. The van der Waals surface area contributed by atoms with E-state index in [2.05, 4.69) is 11.8 Å². The molecule has 0 saturated carbocycles. The van der Waals surface area contributed by atoms with Crippen LogP contribution in [0.1, 0.15) is 18.9 Å². The van der Waals surface area contributed by atoms with Gasteiger partial charge in [-0.3, -0.25) is 4.90 Å². The Morgan fingerprint density at radius 3 is 2.90 bits per heavy atom. The van der Waals surface area contributed by atoms with Gasteiger partial charge in [-0.1, -0.05) is 18.2 Å². The molecule has 1 aromatic rings. The van der Waals surface area contributed by atoms with Crippen LogP contribution in [0.2, 0.25) is 0 Å². The second-order valence-electron chi connectivity index (χ2n) is 5.92. The number of fused-ring (bicyclic) bond motifs is 1. The van der Waals surface area contributed by atoms with Gasteiger partial charge in [0.2, 0.25) is 0 Å². The summed E-state index contributed by atoms with van der Waals surface area (Å²) >= 11 is 0. The molecule has 0 spiro atoms. The fourth-order valence-electron chi connectivity index (χ4n) is 3.66. The number of benzene rings is 1. The zero-order valence-corrected chi connectivity index (χ0v) is 13.1. The fourth-order valence-corrected chi connectivity index (χ4v) is 5.37. The average Bonchev–Trinajstić information content (AvgIpc) is 2.49. The predicted molar refractivity (Wildman–Crippen MR) is 80.8 cm³/mol. The molecule has 0 amide bonds. The monoisotopic (exact) mass is 310 g/mol. The van der Waals surface area contributed by atoms with Crippen molar-refractivity contribution in [1.82, 2.24) is 4.90 Å². The molecule has 0 aromatic heterocycles. The molecule has 2 unspecified atom stereocenters. The van der Waals surface area contributed by atoms with Gasteiger partial charge < -0.3 is 10.5 Å². The van der Waals surface area contributed by atoms with E-state index < -0.39 is 15.4 Å². The van der Waals surface area contributed by atoms with Gasteiger partial charge in [-0.2, -0.15) is 0 Å². The van der Waals surface area contributed by atoms with E-state index >= 15 is 0 Å². The first-order valence-corrected chi connectivity index (χ1v) is 9.03. The zero-order chi connectivity index (χ0) is 15.1. The Labute approximate surface area is 126 Å². The van der Waals surface area contributed by atoms with Gasteiger partial charge in [-0.05, 0) is 25.0 Å². The molecule has 2 atom stereocenters. The number of morpholine rings is 1. The highest BCUT2D eigenvalue weighted by Gasteiger charge is 2.47. The average molecular weight is 310 g/mol. The Balaban J connectivity index is 2.15. The van der Waals surface area contributed by atoms with Crippen LogP contribution in [0.3, 0.4) is 0 Å². The summed E-state index contributed by atoms with van der Waals surface area (Å²) in [6.45, 7) is 4.65. The summed E-state index contributed by atoms with van der Waals surface area (Å²) in [7, 11) is -3.19. The van der Waals surface area contributed by atoms with Crippen LogP contribution in [0.4, 0.5) is 0 Å². The summed E-state index contributed by atoms with van der Waals surface area (Å²) in [4.78, 5) is 2.78. The zero-order valence-electron chi connectivity index (χ0n) is 12.3. The number of rotatable bonds is 2. The van der Waals surface area contributed by atoms with Crippen molar-refractivity contribution in [3.8, 4) is 0 Å². The maximum absolute atomic E-state index is 12.4. The normalized spacial score (nSPS) is 32.6. The molecule has 1 saturated heterocycles. The lowest BCUT2D eigenvalue weighted by atomic mass is 9.83. The van der Waals surface area contributed by atoms with Crippen molar-refractivity contribution in [3.05, 3.63) is 29.8 Å². The molecule has 21 heavy (non-hydrogen) atoms. The topological polar surface area (TPSA) is 72.6 Å². The van der Waals surface area contributed by atoms with Crippen LogP contribution in [0.25, 0.3) is 0 Å². The number of ether oxygens (including phenoxy) is 1. The summed E-state index contributed by atoms with van der Waals surface area (Å²) < 4.78 is 30.2. The highest BCUT2D eigenvalue weighted by molar-refractivity contribution is 7.91. The van der Waals surface area contributed by atoms with Crippen molar-refractivity contribution in [2.24, 2.45) is 5.73 Å². The molecule has 116 valence electrons. The van der Waals surface area contributed by atoms with Gasteiger partial charge in [-0.25, -0.2) is 8.42 Å². The molecule has 2 aliphatic rings. The van der Waals surface area contributed by atoms with Crippen LogP contribution in [0.5, 0.6) is 0 Å². The lowest BCUT2D eigenvalue weighted by Gasteiger charge is -2.50. The SMILES string of the molecule is CC1COCCN1C1(CN)CCS(=O)(=O)c2ccccc21. The van der Waals surface area contributed by atoms with Crippen molar-refractivity contribution in [1.29, 1.82) is 0 Å². The maximum atomic E-state index is 12.4. The Morgan fingerprint density at radius 1 is 1.43 bits per heavy atom. The standard InChI is InChI=1S/C15H22N2O3S/c1-12-10-20-8-7-17(12)15(11-16)6-9-21(18,19)14-5-3-2-4-13(14)15/h2-5,12H,6-11,16H2,1H3. The molecular formula is C15H22N2O3S. The van der Waals surface area contributed by atoms with E-state index in [4.69, 9.17) is 10.5 Å². The van der Waals surface area contributed by atoms with Crippen molar-refractivity contribution >= 4 is 9.84 Å². The molecular weight excluding hydrogens is 288 g/mol. The van der Waals surface area contributed by atoms with E-state index in [-0.39, 0.29) is 11.8 Å². The molecule has 2 heterocycles. The molecule has 2 N–H and O–H groups in total. The van der Waals surface area contributed by atoms with Gasteiger partial charge in [0.05, 0.1) is 29.4 Å². The minimum Gasteiger partial charge on any atom is -0.379 e. The Morgan fingerprint density at radius 2 is 2.19 bits per heavy atom. The number of sulfone groups is 1. The Kier molecular flexibility index (Phi) is 3.81. The lowest BCUT2D eigenvalue weighted by Crippen LogP contribution is -2.60. The fraction of sp³-hybridized carbons (Fsp3) is 0.600. The summed E-state index contributed by atoms with van der Waals surface area (Å²) in [6.07, 6.45) is 0.549. The summed E-state index contributed by atoms with van der Waals surface area (Å²) in [5, 5.41) is 0. The van der Waals surface area contributed by atoms with Crippen LogP contribution >= 0.6 is 0 Å². The summed E-state index contributed by atoms with van der Waals surface area (Å²) in [6, 6.07) is 7.54. The Bertz CT molecular complexity index is 632.